The van der Waals surface area contributed by atoms with Crippen molar-refractivity contribution in [2.45, 2.75) is 30.6 Å². The van der Waals surface area contributed by atoms with Crippen LogP contribution in [0.2, 0.25) is 0 Å². The summed E-state index contributed by atoms with van der Waals surface area (Å²) in [6.07, 6.45) is 3.79. The number of aryl methyl sites for hydroxylation is 1. The molecule has 1 atom stereocenters. The molecule has 1 aliphatic rings. The molecule has 3 aromatic rings. The number of aromatic amines is 1. The summed E-state index contributed by atoms with van der Waals surface area (Å²) in [7, 11) is -3.42. The van der Waals surface area contributed by atoms with E-state index in [0.29, 0.717) is 18.0 Å². The van der Waals surface area contributed by atoms with Gasteiger partial charge in [0.1, 0.15) is 0 Å². The van der Waals surface area contributed by atoms with Crippen LogP contribution >= 0.6 is 0 Å². The van der Waals surface area contributed by atoms with E-state index in [-0.39, 0.29) is 5.92 Å². The first-order valence-corrected chi connectivity index (χ1v) is 10.2. The van der Waals surface area contributed by atoms with Crippen LogP contribution in [0, 0.1) is 0 Å². The number of benzene rings is 2. The van der Waals surface area contributed by atoms with Crippen molar-refractivity contribution in [3.05, 3.63) is 65.9 Å². The Morgan fingerprint density at radius 2 is 1.88 bits per heavy atom. The third-order valence-corrected chi connectivity index (χ3v) is 7.06. The second kappa shape index (κ2) is 6.32. The van der Waals surface area contributed by atoms with Crippen LogP contribution in [-0.4, -0.2) is 30.8 Å². The van der Waals surface area contributed by atoms with E-state index in [1.165, 1.54) is 10.9 Å². The number of nitrogens with one attached hydrogen (secondary N) is 1. The van der Waals surface area contributed by atoms with Gasteiger partial charge in [0.25, 0.3) is 0 Å². The van der Waals surface area contributed by atoms with Gasteiger partial charge in [0.15, 0.2) is 0 Å². The molecule has 1 unspecified atom stereocenters. The zero-order chi connectivity index (χ0) is 17.4. The summed E-state index contributed by atoms with van der Waals surface area (Å²) in [5, 5.41) is 1.19. The highest BCUT2D eigenvalue weighted by Gasteiger charge is 2.34. The first-order valence-electron chi connectivity index (χ1n) is 8.74. The zero-order valence-electron chi connectivity index (χ0n) is 14.3. The van der Waals surface area contributed by atoms with Gasteiger partial charge in [0, 0.05) is 36.1 Å². The molecule has 1 aromatic heterocycles. The fourth-order valence-electron chi connectivity index (χ4n) is 3.68. The average Bonchev–Trinajstić information content (AvgIpc) is 3.28. The molecule has 0 radical (unpaired) electrons. The van der Waals surface area contributed by atoms with Crippen LogP contribution in [0.5, 0.6) is 0 Å². The summed E-state index contributed by atoms with van der Waals surface area (Å²) in [5.74, 6) is 0.237. The smallest absolute Gasteiger partial charge is 0.243 e. The van der Waals surface area contributed by atoms with E-state index in [2.05, 4.69) is 24.0 Å². The summed E-state index contributed by atoms with van der Waals surface area (Å²) in [6, 6.07) is 15.5. The lowest BCUT2D eigenvalue weighted by molar-refractivity contribution is 0.473. The minimum atomic E-state index is -3.42. The van der Waals surface area contributed by atoms with Gasteiger partial charge in [-0.3, -0.25) is 0 Å². The number of H-pyrrole nitrogens is 1. The molecule has 2 heterocycles. The van der Waals surface area contributed by atoms with Crippen LogP contribution in [0.4, 0.5) is 0 Å². The maximum absolute atomic E-state index is 12.9. The Hall–Kier alpha value is -2.11. The van der Waals surface area contributed by atoms with Gasteiger partial charge in [-0.15, -0.1) is 0 Å². The lowest BCUT2D eigenvalue weighted by atomic mass is 9.98. The molecule has 1 saturated heterocycles. The molecule has 1 aliphatic heterocycles. The monoisotopic (exact) mass is 354 g/mol. The lowest BCUT2D eigenvalue weighted by Gasteiger charge is -2.17. The third-order valence-electron chi connectivity index (χ3n) is 5.18. The highest BCUT2D eigenvalue weighted by Crippen LogP contribution is 2.34. The maximum Gasteiger partial charge on any atom is 0.243 e. The van der Waals surface area contributed by atoms with Crippen LogP contribution in [0.3, 0.4) is 0 Å². The highest BCUT2D eigenvalue weighted by atomic mass is 32.2. The normalized spacial score (nSPS) is 18.8. The van der Waals surface area contributed by atoms with E-state index < -0.39 is 10.0 Å². The standard InChI is InChI=1S/C20H22N2O2S/c1-2-15-7-9-17(10-8-15)25(23,24)22-12-11-16(14-22)19-13-21-20-6-4-3-5-18(19)20/h3-10,13,16,21H,2,11-12,14H2,1H3. The van der Waals surface area contributed by atoms with Crippen molar-refractivity contribution in [3.8, 4) is 0 Å². The van der Waals surface area contributed by atoms with Crippen molar-refractivity contribution in [2.75, 3.05) is 13.1 Å². The molecule has 0 spiro atoms. The molecule has 25 heavy (non-hydrogen) atoms. The number of aromatic nitrogens is 1. The molecular weight excluding hydrogens is 332 g/mol. The molecule has 0 saturated carbocycles. The molecule has 4 nitrogen and oxygen atoms in total. The number of hydrogen-bond donors (Lipinski definition) is 1. The SMILES string of the molecule is CCc1ccc(S(=O)(=O)N2CCC(c3c[nH]c4ccccc34)C2)cc1. The summed E-state index contributed by atoms with van der Waals surface area (Å²) in [4.78, 5) is 3.69. The predicted molar refractivity (Wildman–Crippen MR) is 100 cm³/mol. The maximum atomic E-state index is 12.9. The lowest BCUT2D eigenvalue weighted by Crippen LogP contribution is -2.28. The Morgan fingerprint density at radius 3 is 2.64 bits per heavy atom. The van der Waals surface area contributed by atoms with Crippen LogP contribution in [0.1, 0.15) is 30.4 Å². The van der Waals surface area contributed by atoms with Crippen LogP contribution in [-0.2, 0) is 16.4 Å². The summed E-state index contributed by atoms with van der Waals surface area (Å²) >= 11 is 0. The number of hydrogen-bond acceptors (Lipinski definition) is 2. The van der Waals surface area contributed by atoms with Gasteiger partial charge >= 0.3 is 0 Å². The molecule has 1 N–H and O–H groups in total. The topological polar surface area (TPSA) is 53.2 Å². The minimum Gasteiger partial charge on any atom is -0.361 e. The van der Waals surface area contributed by atoms with Gasteiger partial charge in [-0.25, -0.2) is 8.42 Å². The van der Waals surface area contributed by atoms with Crippen LogP contribution in [0.25, 0.3) is 10.9 Å². The second-order valence-electron chi connectivity index (χ2n) is 6.64. The Kier molecular flexibility index (Phi) is 4.13. The number of fused-ring (bicyclic) bond motifs is 1. The number of nitrogens with zero attached hydrogens (tertiary/aromatic N) is 1. The molecule has 1 fully saturated rings. The first kappa shape index (κ1) is 16.4. The fourth-order valence-corrected chi connectivity index (χ4v) is 5.18. The first-order chi connectivity index (χ1) is 12.1. The third kappa shape index (κ3) is 2.87. The molecule has 0 aliphatic carbocycles. The van der Waals surface area contributed by atoms with Crippen LogP contribution in [0.15, 0.2) is 59.6 Å². The molecule has 4 rings (SSSR count). The van der Waals surface area contributed by atoms with Crippen molar-refractivity contribution < 1.29 is 8.42 Å². The summed E-state index contributed by atoms with van der Waals surface area (Å²) in [5.41, 5.74) is 3.47. The zero-order valence-corrected chi connectivity index (χ0v) is 15.1. The number of para-hydroxylation sites is 1. The van der Waals surface area contributed by atoms with Crippen molar-refractivity contribution in [1.29, 1.82) is 0 Å². The van der Waals surface area contributed by atoms with Crippen molar-refractivity contribution in [3.63, 3.8) is 0 Å². The summed E-state index contributed by atoms with van der Waals surface area (Å²) < 4.78 is 27.5. The van der Waals surface area contributed by atoms with E-state index in [4.69, 9.17) is 0 Å². The molecule has 5 heteroatoms. The van der Waals surface area contributed by atoms with Crippen molar-refractivity contribution >= 4 is 20.9 Å². The highest BCUT2D eigenvalue weighted by molar-refractivity contribution is 7.89. The molecular formula is C20H22N2O2S. The van der Waals surface area contributed by atoms with Crippen molar-refractivity contribution in [2.24, 2.45) is 0 Å². The van der Waals surface area contributed by atoms with Gasteiger partial charge in [-0.2, -0.15) is 4.31 Å². The Bertz CT molecular complexity index is 990. The fraction of sp³-hybridized carbons (Fsp3) is 0.300. The van der Waals surface area contributed by atoms with E-state index in [1.54, 1.807) is 16.4 Å². The van der Waals surface area contributed by atoms with E-state index >= 15 is 0 Å². The largest absolute Gasteiger partial charge is 0.361 e. The Morgan fingerprint density at radius 1 is 1.12 bits per heavy atom. The molecule has 0 bridgehead atoms. The van der Waals surface area contributed by atoms with Gasteiger partial charge < -0.3 is 4.98 Å². The predicted octanol–water partition coefficient (Wildman–Crippen LogP) is 3.91. The minimum absolute atomic E-state index is 0.237. The van der Waals surface area contributed by atoms with Gasteiger partial charge in [-0.1, -0.05) is 37.3 Å². The molecule has 0 amide bonds. The van der Waals surface area contributed by atoms with Gasteiger partial charge in [0.2, 0.25) is 10.0 Å². The second-order valence-corrected chi connectivity index (χ2v) is 8.57. The van der Waals surface area contributed by atoms with Crippen molar-refractivity contribution in [1.82, 2.24) is 9.29 Å². The Labute approximate surface area is 148 Å². The quantitative estimate of drug-likeness (QED) is 0.772. The molecule has 130 valence electrons. The Balaban J connectivity index is 1.59. The average molecular weight is 354 g/mol. The molecule has 2 aromatic carbocycles. The van der Waals surface area contributed by atoms with E-state index in [9.17, 15) is 8.42 Å². The van der Waals surface area contributed by atoms with Gasteiger partial charge in [-0.05, 0) is 42.2 Å². The van der Waals surface area contributed by atoms with E-state index in [0.717, 1.165) is 23.9 Å². The summed E-state index contributed by atoms with van der Waals surface area (Å²) in [6.45, 7) is 3.18. The number of sulfonamides is 1. The van der Waals surface area contributed by atoms with Gasteiger partial charge in [0.05, 0.1) is 4.90 Å². The number of rotatable bonds is 4. The van der Waals surface area contributed by atoms with E-state index in [1.807, 2.05) is 30.5 Å². The van der Waals surface area contributed by atoms with Crippen LogP contribution < -0.4 is 0 Å².